The van der Waals surface area contributed by atoms with Gasteiger partial charge in [0, 0.05) is 11.9 Å². The average molecular weight is 271 g/mol. The van der Waals surface area contributed by atoms with Crippen LogP contribution in [0.5, 0.6) is 0 Å². The van der Waals surface area contributed by atoms with Crippen LogP contribution in [0.3, 0.4) is 0 Å². The van der Waals surface area contributed by atoms with Crippen LogP contribution in [0.25, 0.3) is 10.3 Å². The van der Waals surface area contributed by atoms with E-state index in [0.29, 0.717) is 15.9 Å². The number of carbonyl (C=O) groups excluding carboxylic acids is 1. The molecule has 94 valence electrons. The second-order valence-corrected chi connectivity index (χ2v) is 4.92. The molecule has 0 atom stereocenters. The van der Waals surface area contributed by atoms with Crippen molar-refractivity contribution in [1.29, 1.82) is 0 Å². The van der Waals surface area contributed by atoms with E-state index in [1.54, 1.807) is 18.2 Å². The van der Waals surface area contributed by atoms with Crippen LogP contribution in [0.15, 0.2) is 47.4 Å². The predicted octanol–water partition coefficient (Wildman–Crippen LogP) is 2.24. The van der Waals surface area contributed by atoms with Gasteiger partial charge in [-0.05, 0) is 18.2 Å². The number of nitrogens with one attached hydrogen (secondary N) is 2. The highest BCUT2D eigenvalue weighted by Gasteiger charge is 2.09. The van der Waals surface area contributed by atoms with Crippen molar-refractivity contribution in [2.45, 2.75) is 0 Å². The van der Waals surface area contributed by atoms with Crippen LogP contribution in [0.1, 0.15) is 10.4 Å². The Balaban J connectivity index is 1.91. The number of aromatic nitrogens is 2. The predicted molar refractivity (Wildman–Crippen MR) is 74.6 cm³/mol. The van der Waals surface area contributed by atoms with Crippen LogP contribution in [-0.2, 0) is 0 Å². The zero-order valence-electron chi connectivity index (χ0n) is 9.71. The van der Waals surface area contributed by atoms with Crippen molar-refractivity contribution in [2.75, 3.05) is 5.32 Å². The number of hydrogen-bond acceptors (Lipinski definition) is 4. The lowest BCUT2D eigenvalue weighted by Crippen LogP contribution is -2.11. The highest BCUT2D eigenvalue weighted by Crippen LogP contribution is 2.15. The summed E-state index contributed by atoms with van der Waals surface area (Å²) in [5.74, 6) is -0.249. The summed E-state index contributed by atoms with van der Waals surface area (Å²) >= 11 is 1.04. The number of pyridine rings is 1. The minimum absolute atomic E-state index is 0.178. The Morgan fingerprint density at radius 3 is 2.84 bits per heavy atom. The van der Waals surface area contributed by atoms with Gasteiger partial charge in [-0.3, -0.25) is 14.6 Å². The maximum absolute atomic E-state index is 12.0. The van der Waals surface area contributed by atoms with Gasteiger partial charge in [-0.2, -0.15) is 0 Å². The molecule has 0 bridgehead atoms. The van der Waals surface area contributed by atoms with Crippen LogP contribution in [0, 0.1) is 0 Å². The van der Waals surface area contributed by atoms with Gasteiger partial charge in [0.1, 0.15) is 0 Å². The van der Waals surface area contributed by atoms with Gasteiger partial charge in [-0.1, -0.05) is 29.5 Å². The van der Waals surface area contributed by atoms with Crippen LogP contribution in [0.4, 0.5) is 5.69 Å². The molecule has 3 aromatic rings. The van der Waals surface area contributed by atoms with Crippen molar-refractivity contribution in [3.05, 3.63) is 57.8 Å². The van der Waals surface area contributed by atoms with Gasteiger partial charge in [0.05, 0.1) is 10.3 Å². The topological polar surface area (TPSA) is 74.8 Å². The molecule has 6 heteroatoms. The third kappa shape index (κ3) is 2.38. The van der Waals surface area contributed by atoms with Crippen molar-refractivity contribution in [2.24, 2.45) is 0 Å². The lowest BCUT2D eigenvalue weighted by atomic mass is 10.2. The number of amides is 1. The summed E-state index contributed by atoms with van der Waals surface area (Å²) in [6.45, 7) is 0. The van der Waals surface area contributed by atoms with Crippen molar-refractivity contribution in [3.8, 4) is 0 Å². The summed E-state index contributed by atoms with van der Waals surface area (Å²) in [5, 5.41) is 2.77. The van der Waals surface area contributed by atoms with Gasteiger partial charge in [-0.25, -0.2) is 4.98 Å². The Kier molecular flexibility index (Phi) is 2.85. The van der Waals surface area contributed by atoms with Gasteiger partial charge in [0.25, 0.3) is 5.91 Å². The number of carbonyl (C=O) groups is 1. The third-order valence-corrected chi connectivity index (χ3v) is 3.39. The molecule has 1 aromatic carbocycles. The molecule has 0 spiro atoms. The van der Waals surface area contributed by atoms with E-state index in [9.17, 15) is 9.59 Å². The van der Waals surface area contributed by atoms with Crippen LogP contribution < -0.4 is 10.2 Å². The van der Waals surface area contributed by atoms with Gasteiger partial charge < -0.3 is 5.32 Å². The summed E-state index contributed by atoms with van der Waals surface area (Å²) in [7, 11) is 0. The van der Waals surface area contributed by atoms with Crippen LogP contribution >= 0.6 is 11.3 Å². The van der Waals surface area contributed by atoms with E-state index in [1.165, 1.54) is 6.20 Å². The molecule has 3 rings (SSSR count). The fourth-order valence-electron chi connectivity index (χ4n) is 1.69. The molecule has 1 amide bonds. The normalized spacial score (nSPS) is 10.5. The molecule has 0 saturated heterocycles. The molecule has 0 aliphatic carbocycles. The molecular formula is C13H9N3O2S. The van der Waals surface area contributed by atoms with E-state index in [-0.39, 0.29) is 10.8 Å². The molecule has 0 fully saturated rings. The lowest BCUT2D eigenvalue weighted by molar-refractivity contribution is 0.102. The summed E-state index contributed by atoms with van der Waals surface area (Å²) in [5.41, 5.74) is 1.65. The Bertz CT molecular complexity index is 792. The number of anilines is 1. The largest absolute Gasteiger partial charge is 0.322 e. The molecule has 0 aliphatic rings. The van der Waals surface area contributed by atoms with E-state index in [2.05, 4.69) is 15.3 Å². The van der Waals surface area contributed by atoms with E-state index in [1.807, 2.05) is 18.2 Å². The van der Waals surface area contributed by atoms with Crippen molar-refractivity contribution >= 4 is 33.3 Å². The third-order valence-electron chi connectivity index (χ3n) is 2.57. The fourth-order valence-corrected chi connectivity index (χ4v) is 2.42. The molecule has 2 aromatic heterocycles. The molecule has 0 saturated carbocycles. The SMILES string of the molecule is O=C(Nc1ccccc1)c1cnc2[nH]c(=O)sc2c1. The number of H-pyrrole nitrogens is 1. The standard InChI is InChI=1S/C13H9N3O2S/c17-12(15-9-4-2-1-3-5-9)8-6-10-11(14-7-8)16-13(18)19-10/h1-7H,(H,15,17)(H,14,16,18). The van der Waals surface area contributed by atoms with E-state index in [0.717, 1.165) is 17.0 Å². The Morgan fingerprint density at radius 2 is 2.05 bits per heavy atom. The molecule has 0 aliphatic heterocycles. The monoisotopic (exact) mass is 271 g/mol. The minimum atomic E-state index is -0.249. The number of thiazole rings is 1. The first-order valence-corrected chi connectivity index (χ1v) is 6.39. The number of benzene rings is 1. The maximum Gasteiger partial charge on any atom is 0.306 e. The van der Waals surface area contributed by atoms with Crippen LogP contribution in [-0.4, -0.2) is 15.9 Å². The van der Waals surface area contributed by atoms with Crippen molar-refractivity contribution in [3.63, 3.8) is 0 Å². The molecule has 0 radical (unpaired) electrons. The minimum Gasteiger partial charge on any atom is -0.322 e. The Hall–Kier alpha value is -2.47. The zero-order valence-corrected chi connectivity index (χ0v) is 10.5. The maximum atomic E-state index is 12.0. The number of nitrogens with zero attached hydrogens (tertiary/aromatic N) is 1. The molecule has 2 heterocycles. The van der Waals surface area contributed by atoms with E-state index >= 15 is 0 Å². The van der Waals surface area contributed by atoms with Gasteiger partial charge in [0.15, 0.2) is 5.65 Å². The van der Waals surface area contributed by atoms with Crippen molar-refractivity contribution in [1.82, 2.24) is 9.97 Å². The fraction of sp³-hybridized carbons (Fsp3) is 0. The number of para-hydroxylation sites is 1. The van der Waals surface area contributed by atoms with E-state index in [4.69, 9.17) is 0 Å². The number of hydrogen-bond donors (Lipinski definition) is 2. The van der Waals surface area contributed by atoms with Gasteiger partial charge >= 0.3 is 4.87 Å². The molecular weight excluding hydrogens is 262 g/mol. The highest BCUT2D eigenvalue weighted by atomic mass is 32.1. The van der Waals surface area contributed by atoms with Crippen LogP contribution in [0.2, 0.25) is 0 Å². The number of rotatable bonds is 2. The molecule has 5 nitrogen and oxygen atoms in total. The number of aromatic amines is 1. The summed E-state index contributed by atoms with van der Waals surface area (Å²) in [6, 6.07) is 10.8. The number of fused-ring (bicyclic) bond motifs is 1. The second-order valence-electron chi connectivity index (χ2n) is 3.91. The quantitative estimate of drug-likeness (QED) is 0.750. The summed E-state index contributed by atoms with van der Waals surface area (Å²) in [6.07, 6.45) is 1.45. The molecule has 2 N–H and O–H groups in total. The second kappa shape index (κ2) is 4.66. The smallest absolute Gasteiger partial charge is 0.306 e. The first-order valence-electron chi connectivity index (χ1n) is 5.58. The summed E-state index contributed by atoms with van der Waals surface area (Å²) in [4.78, 5) is 29.7. The Morgan fingerprint density at radius 1 is 1.26 bits per heavy atom. The summed E-state index contributed by atoms with van der Waals surface area (Å²) < 4.78 is 0.672. The lowest BCUT2D eigenvalue weighted by Gasteiger charge is -2.04. The first-order chi connectivity index (χ1) is 9.22. The van der Waals surface area contributed by atoms with Crippen molar-refractivity contribution < 1.29 is 4.79 Å². The highest BCUT2D eigenvalue weighted by molar-refractivity contribution is 7.16. The van der Waals surface area contributed by atoms with E-state index < -0.39 is 0 Å². The Labute approximate surface area is 111 Å². The van der Waals surface area contributed by atoms with Gasteiger partial charge in [-0.15, -0.1) is 0 Å². The average Bonchev–Trinajstić information content (AvgIpc) is 2.78. The van der Waals surface area contributed by atoms with Gasteiger partial charge in [0.2, 0.25) is 0 Å². The first kappa shape index (κ1) is 11.6. The molecule has 19 heavy (non-hydrogen) atoms. The molecule has 0 unspecified atom stereocenters. The zero-order chi connectivity index (χ0) is 13.2.